The van der Waals surface area contributed by atoms with Gasteiger partial charge in [-0.1, -0.05) is 0 Å². The van der Waals surface area contributed by atoms with Crippen LogP contribution in [0.15, 0.2) is 29.5 Å². The Morgan fingerprint density at radius 1 is 1.29 bits per heavy atom. The van der Waals surface area contributed by atoms with Crippen molar-refractivity contribution in [1.82, 2.24) is 14.3 Å². The van der Waals surface area contributed by atoms with Gasteiger partial charge in [0.15, 0.2) is 0 Å². The van der Waals surface area contributed by atoms with Crippen molar-refractivity contribution in [2.75, 3.05) is 0 Å². The van der Waals surface area contributed by atoms with Gasteiger partial charge in [0.1, 0.15) is 0 Å². The van der Waals surface area contributed by atoms with E-state index >= 15 is 0 Å². The number of nitrogens with zero attached hydrogens (tertiary/aromatic N) is 3. The van der Waals surface area contributed by atoms with Crippen LogP contribution in [-0.4, -0.2) is 14.3 Å². The Labute approximate surface area is 113 Å². The summed E-state index contributed by atoms with van der Waals surface area (Å²) in [5, 5.41) is 4.20. The van der Waals surface area contributed by atoms with Crippen LogP contribution in [0.3, 0.4) is 0 Å². The molecular formula is C12H14IN3O. The second-order valence-corrected chi connectivity index (χ2v) is 5.37. The lowest BCUT2D eigenvalue weighted by atomic mass is 10.3. The van der Waals surface area contributed by atoms with Gasteiger partial charge in [-0.05, 0) is 48.1 Å². The molecule has 0 saturated heterocycles. The van der Waals surface area contributed by atoms with Crippen molar-refractivity contribution in [2.24, 2.45) is 0 Å². The van der Waals surface area contributed by atoms with Crippen molar-refractivity contribution in [3.63, 3.8) is 0 Å². The lowest BCUT2D eigenvalue weighted by molar-refractivity contribution is 0.521. The first-order valence-corrected chi connectivity index (χ1v) is 6.50. The zero-order valence-corrected chi connectivity index (χ0v) is 12.0. The summed E-state index contributed by atoms with van der Waals surface area (Å²) < 4.78 is 4.68. The van der Waals surface area contributed by atoms with E-state index < -0.39 is 0 Å². The molecule has 0 fully saturated rings. The number of hydrogen-bond donors (Lipinski definition) is 0. The molecule has 2 heterocycles. The standard InChI is InChI=1S/C12H14IN3O/c1-9-6-14-16(7-9)4-3-15-8-11(13)5-10(2)12(15)17/h5-8H,3-4H2,1-2H3. The van der Waals surface area contributed by atoms with Crippen LogP contribution in [0.4, 0.5) is 0 Å². The summed E-state index contributed by atoms with van der Waals surface area (Å²) in [6, 6.07) is 1.90. The SMILES string of the molecule is Cc1cnn(CCn2cc(I)cc(C)c2=O)c1. The zero-order valence-electron chi connectivity index (χ0n) is 9.85. The average molecular weight is 343 g/mol. The van der Waals surface area contributed by atoms with E-state index in [1.165, 1.54) is 0 Å². The summed E-state index contributed by atoms with van der Waals surface area (Å²) in [6.07, 6.45) is 5.68. The van der Waals surface area contributed by atoms with Crippen LogP contribution in [0.2, 0.25) is 0 Å². The molecule has 2 rings (SSSR count). The Hall–Kier alpha value is -1.11. The first-order valence-electron chi connectivity index (χ1n) is 5.42. The summed E-state index contributed by atoms with van der Waals surface area (Å²) in [4.78, 5) is 11.9. The number of aromatic nitrogens is 3. The summed E-state index contributed by atoms with van der Waals surface area (Å²) in [7, 11) is 0. The average Bonchev–Trinajstić information content (AvgIpc) is 2.67. The highest BCUT2D eigenvalue weighted by Gasteiger charge is 2.02. The van der Waals surface area contributed by atoms with Crippen LogP contribution < -0.4 is 5.56 Å². The van der Waals surface area contributed by atoms with E-state index in [2.05, 4.69) is 27.7 Å². The summed E-state index contributed by atoms with van der Waals surface area (Å²) in [5.41, 5.74) is 2.00. The molecule has 2 aromatic rings. The fourth-order valence-electron chi connectivity index (χ4n) is 1.71. The Morgan fingerprint density at radius 2 is 2.06 bits per heavy atom. The van der Waals surface area contributed by atoms with Crippen LogP contribution >= 0.6 is 22.6 Å². The van der Waals surface area contributed by atoms with Crippen molar-refractivity contribution in [3.05, 3.63) is 49.7 Å². The molecule has 0 aromatic carbocycles. The molecule has 0 atom stereocenters. The largest absolute Gasteiger partial charge is 0.312 e. The van der Waals surface area contributed by atoms with Gasteiger partial charge >= 0.3 is 0 Å². The molecule has 0 amide bonds. The smallest absolute Gasteiger partial charge is 0.253 e. The molecular weight excluding hydrogens is 329 g/mol. The number of halogens is 1. The quantitative estimate of drug-likeness (QED) is 0.800. The highest BCUT2D eigenvalue weighted by atomic mass is 127. The van der Waals surface area contributed by atoms with Crippen molar-refractivity contribution >= 4 is 22.6 Å². The summed E-state index contributed by atoms with van der Waals surface area (Å²) >= 11 is 2.22. The predicted molar refractivity (Wildman–Crippen MR) is 75.1 cm³/mol. The molecule has 0 spiro atoms. The second-order valence-electron chi connectivity index (χ2n) is 4.12. The topological polar surface area (TPSA) is 39.8 Å². The van der Waals surface area contributed by atoms with E-state index in [9.17, 15) is 4.79 Å². The first-order chi connectivity index (χ1) is 8.06. The van der Waals surface area contributed by atoms with Crippen molar-refractivity contribution in [2.45, 2.75) is 26.9 Å². The number of aryl methyl sites for hydroxylation is 4. The maximum absolute atomic E-state index is 11.9. The minimum atomic E-state index is 0.0781. The summed E-state index contributed by atoms with van der Waals surface area (Å²) in [6.45, 7) is 5.22. The number of pyridine rings is 1. The van der Waals surface area contributed by atoms with E-state index in [1.807, 2.05) is 43.2 Å². The second kappa shape index (κ2) is 5.03. The monoisotopic (exact) mass is 343 g/mol. The fourth-order valence-corrected chi connectivity index (χ4v) is 2.51. The first kappa shape index (κ1) is 12.3. The van der Waals surface area contributed by atoms with Gasteiger partial charge in [-0.25, -0.2) is 0 Å². The highest BCUT2D eigenvalue weighted by Crippen LogP contribution is 2.03. The Balaban J connectivity index is 2.17. The molecule has 5 heteroatoms. The zero-order chi connectivity index (χ0) is 12.4. The molecule has 0 N–H and O–H groups in total. The molecule has 0 radical (unpaired) electrons. The van der Waals surface area contributed by atoms with Crippen LogP contribution in [0, 0.1) is 17.4 Å². The van der Waals surface area contributed by atoms with E-state index in [0.717, 1.165) is 14.7 Å². The molecule has 0 unspecified atom stereocenters. The molecule has 0 aliphatic rings. The molecule has 4 nitrogen and oxygen atoms in total. The number of rotatable bonds is 3. The fraction of sp³-hybridized carbons (Fsp3) is 0.333. The highest BCUT2D eigenvalue weighted by molar-refractivity contribution is 14.1. The van der Waals surface area contributed by atoms with Crippen molar-refractivity contribution in [3.8, 4) is 0 Å². The van der Waals surface area contributed by atoms with E-state index in [4.69, 9.17) is 0 Å². The molecule has 0 saturated carbocycles. The third kappa shape index (κ3) is 2.96. The van der Waals surface area contributed by atoms with Crippen LogP contribution in [-0.2, 0) is 13.1 Å². The minimum absolute atomic E-state index is 0.0781. The number of hydrogen-bond acceptors (Lipinski definition) is 2. The van der Waals surface area contributed by atoms with E-state index in [0.29, 0.717) is 13.1 Å². The molecule has 0 aliphatic heterocycles. The van der Waals surface area contributed by atoms with Gasteiger partial charge in [0.25, 0.3) is 5.56 Å². The molecule has 90 valence electrons. The third-order valence-electron chi connectivity index (χ3n) is 2.56. The maximum atomic E-state index is 11.9. The maximum Gasteiger partial charge on any atom is 0.253 e. The molecule has 0 aliphatic carbocycles. The Morgan fingerprint density at radius 3 is 2.71 bits per heavy atom. The van der Waals surface area contributed by atoms with Crippen LogP contribution in [0.5, 0.6) is 0 Å². The van der Waals surface area contributed by atoms with Gasteiger partial charge in [-0.15, -0.1) is 0 Å². The lowest BCUT2D eigenvalue weighted by Gasteiger charge is -2.07. The van der Waals surface area contributed by atoms with Crippen molar-refractivity contribution < 1.29 is 0 Å². The van der Waals surface area contributed by atoms with Gasteiger partial charge in [-0.2, -0.15) is 5.10 Å². The third-order valence-corrected chi connectivity index (χ3v) is 3.15. The van der Waals surface area contributed by atoms with Gasteiger partial charge < -0.3 is 4.57 Å². The van der Waals surface area contributed by atoms with Crippen LogP contribution in [0.25, 0.3) is 0 Å². The van der Waals surface area contributed by atoms with Crippen molar-refractivity contribution in [1.29, 1.82) is 0 Å². The predicted octanol–water partition coefficient (Wildman–Crippen LogP) is 1.97. The van der Waals surface area contributed by atoms with Gasteiger partial charge in [0, 0.05) is 28.1 Å². The lowest BCUT2D eigenvalue weighted by Crippen LogP contribution is -2.24. The van der Waals surface area contributed by atoms with E-state index in [1.54, 1.807) is 4.57 Å². The van der Waals surface area contributed by atoms with E-state index in [-0.39, 0.29) is 5.56 Å². The van der Waals surface area contributed by atoms with Crippen LogP contribution in [0.1, 0.15) is 11.1 Å². The van der Waals surface area contributed by atoms with Gasteiger partial charge in [-0.3, -0.25) is 9.48 Å². The minimum Gasteiger partial charge on any atom is -0.312 e. The summed E-state index contributed by atoms with van der Waals surface area (Å²) in [5.74, 6) is 0. The Kier molecular flexibility index (Phi) is 3.66. The molecule has 0 bridgehead atoms. The van der Waals surface area contributed by atoms with Gasteiger partial charge in [0.05, 0.1) is 12.7 Å². The molecule has 2 aromatic heterocycles. The Bertz CT molecular complexity index is 586. The van der Waals surface area contributed by atoms with Gasteiger partial charge in [0.2, 0.25) is 0 Å². The normalized spacial score (nSPS) is 10.8. The molecule has 17 heavy (non-hydrogen) atoms.